The zero-order valence-corrected chi connectivity index (χ0v) is 22.7. The second kappa shape index (κ2) is 11.3. The van der Waals surface area contributed by atoms with Crippen LogP contribution in [0.1, 0.15) is 38.3 Å². The average molecular weight is 535 g/mol. The van der Waals surface area contributed by atoms with Gasteiger partial charge in [-0.15, -0.1) is 0 Å². The minimum absolute atomic E-state index is 0.0202. The summed E-state index contributed by atoms with van der Waals surface area (Å²) in [7, 11) is 0. The van der Waals surface area contributed by atoms with E-state index in [0.29, 0.717) is 22.1 Å². The Morgan fingerprint density at radius 2 is 1.63 bits per heavy atom. The molecule has 0 spiro atoms. The van der Waals surface area contributed by atoms with Crippen molar-refractivity contribution < 1.29 is 23.9 Å². The predicted molar refractivity (Wildman–Crippen MR) is 148 cm³/mol. The number of rotatable bonds is 7. The predicted octanol–water partition coefficient (Wildman–Crippen LogP) is 6.27. The van der Waals surface area contributed by atoms with E-state index in [4.69, 9.17) is 21.1 Å². The van der Waals surface area contributed by atoms with Crippen LogP contribution in [0.3, 0.4) is 0 Å². The maximum Gasteiger partial charge on any atom is 0.311 e. The molecule has 1 aliphatic rings. The molecule has 0 radical (unpaired) electrons. The summed E-state index contributed by atoms with van der Waals surface area (Å²) in [6.07, 6.45) is 0.0202. The third kappa shape index (κ3) is 6.72. The van der Waals surface area contributed by atoms with Gasteiger partial charge in [-0.3, -0.25) is 14.4 Å². The largest absolute Gasteiger partial charge is 0.457 e. The highest BCUT2D eigenvalue weighted by atomic mass is 35.5. The fourth-order valence-electron chi connectivity index (χ4n) is 4.09. The Labute approximate surface area is 227 Å². The van der Waals surface area contributed by atoms with E-state index in [9.17, 15) is 14.4 Å². The number of amides is 2. The second-order valence-electron chi connectivity index (χ2n) is 10.4. The van der Waals surface area contributed by atoms with E-state index in [1.165, 1.54) is 5.56 Å². The molecule has 1 atom stereocenters. The zero-order valence-electron chi connectivity index (χ0n) is 21.9. The molecule has 1 N–H and O–H groups in total. The number of anilines is 2. The van der Waals surface area contributed by atoms with Crippen molar-refractivity contribution in [3.8, 4) is 11.5 Å². The number of benzene rings is 3. The minimum Gasteiger partial charge on any atom is -0.457 e. The summed E-state index contributed by atoms with van der Waals surface area (Å²) in [5.41, 5.74) is 3.35. The van der Waals surface area contributed by atoms with Gasteiger partial charge in [0.05, 0.1) is 5.92 Å². The molecule has 0 aliphatic carbocycles. The van der Waals surface area contributed by atoms with E-state index >= 15 is 0 Å². The first-order valence-electron chi connectivity index (χ1n) is 12.4. The van der Waals surface area contributed by atoms with Gasteiger partial charge in [0, 0.05) is 29.4 Å². The first-order valence-corrected chi connectivity index (χ1v) is 12.8. The highest BCUT2D eigenvalue weighted by molar-refractivity contribution is 6.31. The number of halogens is 1. The first kappa shape index (κ1) is 27.2. The quantitative estimate of drug-likeness (QED) is 0.361. The van der Waals surface area contributed by atoms with Gasteiger partial charge in [-0.1, -0.05) is 50.6 Å². The third-order valence-electron chi connectivity index (χ3n) is 6.36. The van der Waals surface area contributed by atoms with E-state index in [2.05, 4.69) is 26.1 Å². The molecule has 0 aromatic heterocycles. The maximum absolute atomic E-state index is 12.6. The van der Waals surface area contributed by atoms with E-state index in [-0.39, 0.29) is 24.3 Å². The summed E-state index contributed by atoms with van der Waals surface area (Å²) in [6, 6.07) is 20.2. The van der Waals surface area contributed by atoms with Gasteiger partial charge in [-0.25, -0.2) is 0 Å². The van der Waals surface area contributed by atoms with Gasteiger partial charge in [0.25, 0.3) is 5.91 Å². The number of ether oxygens (including phenoxy) is 2. The monoisotopic (exact) mass is 534 g/mol. The van der Waals surface area contributed by atoms with Crippen LogP contribution in [0.2, 0.25) is 5.02 Å². The second-order valence-corrected chi connectivity index (χ2v) is 10.8. The van der Waals surface area contributed by atoms with Crippen molar-refractivity contribution in [1.82, 2.24) is 0 Å². The van der Waals surface area contributed by atoms with Crippen molar-refractivity contribution >= 4 is 40.8 Å². The molecule has 0 saturated carbocycles. The molecule has 3 aromatic rings. The van der Waals surface area contributed by atoms with Gasteiger partial charge >= 0.3 is 5.97 Å². The Kier molecular flexibility index (Phi) is 8.07. The van der Waals surface area contributed by atoms with Crippen LogP contribution < -0.4 is 15.0 Å². The van der Waals surface area contributed by atoms with Crippen LogP contribution in [0.25, 0.3) is 0 Å². The molecule has 3 aromatic carbocycles. The molecule has 7 nitrogen and oxygen atoms in total. The molecule has 1 aliphatic heterocycles. The Bertz CT molecular complexity index is 1330. The zero-order chi connectivity index (χ0) is 27.4. The lowest BCUT2D eigenvalue weighted by molar-refractivity contribution is -0.151. The summed E-state index contributed by atoms with van der Waals surface area (Å²) >= 11 is 6.07. The van der Waals surface area contributed by atoms with E-state index in [1.807, 2.05) is 31.2 Å². The molecule has 2 amide bonds. The van der Waals surface area contributed by atoms with Gasteiger partial charge in [-0.05, 0) is 72.0 Å². The number of carbonyl (C=O) groups excluding carboxylic acids is 3. The molecular weight excluding hydrogens is 504 g/mol. The average Bonchev–Trinajstić information content (AvgIpc) is 3.27. The van der Waals surface area contributed by atoms with Crippen LogP contribution in [-0.4, -0.2) is 30.9 Å². The van der Waals surface area contributed by atoms with Gasteiger partial charge < -0.3 is 19.7 Å². The first-order chi connectivity index (χ1) is 18.0. The molecule has 0 unspecified atom stereocenters. The number of hydrogen-bond acceptors (Lipinski definition) is 5. The van der Waals surface area contributed by atoms with Crippen LogP contribution in [0, 0.1) is 12.8 Å². The minimum atomic E-state index is -0.652. The van der Waals surface area contributed by atoms with Gasteiger partial charge in [0.2, 0.25) is 5.91 Å². The van der Waals surface area contributed by atoms with Crippen molar-refractivity contribution in [3.63, 3.8) is 0 Å². The van der Waals surface area contributed by atoms with Gasteiger partial charge in [-0.2, -0.15) is 0 Å². The fourth-order valence-corrected chi connectivity index (χ4v) is 4.27. The summed E-state index contributed by atoms with van der Waals surface area (Å²) in [5.74, 6) is -0.542. The molecule has 38 heavy (non-hydrogen) atoms. The van der Waals surface area contributed by atoms with Crippen molar-refractivity contribution in [2.75, 3.05) is 23.4 Å². The summed E-state index contributed by atoms with van der Waals surface area (Å²) in [4.78, 5) is 38.9. The molecule has 1 saturated heterocycles. The number of aryl methyl sites for hydroxylation is 1. The van der Waals surface area contributed by atoms with E-state index in [1.54, 1.807) is 47.4 Å². The van der Waals surface area contributed by atoms with E-state index in [0.717, 1.165) is 11.3 Å². The topological polar surface area (TPSA) is 84.9 Å². The molecule has 198 valence electrons. The number of nitrogens with one attached hydrogen (secondary N) is 1. The normalized spacial score (nSPS) is 15.3. The van der Waals surface area contributed by atoms with E-state index < -0.39 is 24.4 Å². The lowest BCUT2D eigenvalue weighted by Gasteiger charge is -2.19. The maximum atomic E-state index is 12.6. The van der Waals surface area contributed by atoms with Crippen LogP contribution >= 0.6 is 11.6 Å². The Balaban J connectivity index is 1.29. The Morgan fingerprint density at radius 1 is 1.00 bits per heavy atom. The van der Waals surface area contributed by atoms with Gasteiger partial charge in [0.1, 0.15) is 11.5 Å². The fraction of sp³-hybridized carbons (Fsp3) is 0.300. The lowest BCUT2D eigenvalue weighted by atomic mass is 9.87. The summed E-state index contributed by atoms with van der Waals surface area (Å²) in [5, 5.41) is 3.17. The molecule has 1 fully saturated rings. The lowest BCUT2D eigenvalue weighted by Crippen LogP contribution is -2.28. The summed E-state index contributed by atoms with van der Waals surface area (Å²) < 4.78 is 11.1. The number of esters is 1. The number of carbonyl (C=O) groups is 3. The smallest absolute Gasteiger partial charge is 0.311 e. The van der Waals surface area contributed by atoms with Crippen molar-refractivity contribution in [2.24, 2.45) is 5.92 Å². The standard InChI is InChI=1S/C30H31ClN2O5/c1-19-5-8-22(16-26(19)31)32-27(34)18-37-29(36)20-15-28(35)33(17-20)23-9-13-25(14-10-23)38-24-11-6-21(7-12-24)30(2,3)4/h5-14,16,20H,15,17-18H2,1-4H3,(H,32,34)/t20-/m0/s1. The van der Waals surface area contributed by atoms with Crippen LogP contribution in [-0.2, 0) is 24.5 Å². The molecule has 8 heteroatoms. The molecule has 4 rings (SSSR count). The van der Waals surface area contributed by atoms with Crippen LogP contribution in [0.5, 0.6) is 11.5 Å². The molecule has 1 heterocycles. The Morgan fingerprint density at radius 3 is 2.24 bits per heavy atom. The van der Waals surface area contributed by atoms with Crippen molar-refractivity contribution in [3.05, 3.63) is 82.9 Å². The third-order valence-corrected chi connectivity index (χ3v) is 6.77. The number of hydrogen-bond donors (Lipinski definition) is 1. The van der Waals surface area contributed by atoms with Crippen LogP contribution in [0.4, 0.5) is 11.4 Å². The highest BCUT2D eigenvalue weighted by Gasteiger charge is 2.36. The SMILES string of the molecule is Cc1ccc(NC(=O)COC(=O)[C@H]2CC(=O)N(c3ccc(Oc4ccc(C(C)(C)C)cc4)cc3)C2)cc1Cl. The van der Waals surface area contributed by atoms with Crippen molar-refractivity contribution in [2.45, 2.75) is 39.5 Å². The molecule has 0 bridgehead atoms. The molecular formula is C30H31ClN2O5. The number of nitrogens with zero attached hydrogens (tertiary/aromatic N) is 1. The Hall–Kier alpha value is -3.84. The summed E-state index contributed by atoms with van der Waals surface area (Å²) in [6.45, 7) is 8.07. The highest BCUT2D eigenvalue weighted by Crippen LogP contribution is 2.30. The van der Waals surface area contributed by atoms with Crippen molar-refractivity contribution in [1.29, 1.82) is 0 Å². The van der Waals surface area contributed by atoms with Gasteiger partial charge in [0.15, 0.2) is 6.61 Å². The van der Waals surface area contributed by atoms with Crippen LogP contribution in [0.15, 0.2) is 66.7 Å².